The van der Waals surface area contributed by atoms with Gasteiger partial charge in [0.05, 0.1) is 5.54 Å². The van der Waals surface area contributed by atoms with Gasteiger partial charge in [-0.3, -0.25) is 4.90 Å². The highest BCUT2D eigenvalue weighted by atomic mass is 16.5. The van der Waals surface area contributed by atoms with Crippen molar-refractivity contribution in [3.63, 3.8) is 0 Å². The molecule has 0 spiro atoms. The molecule has 2 aliphatic rings. The average molecular weight is 292 g/mol. The number of nitrogens with zero attached hydrogens (tertiary/aromatic N) is 3. The van der Waals surface area contributed by atoms with E-state index in [9.17, 15) is 0 Å². The number of nitrogens with one attached hydrogen (secondary N) is 1. The summed E-state index contributed by atoms with van der Waals surface area (Å²) in [5, 5.41) is 7.69. The first kappa shape index (κ1) is 15.0. The third-order valence-electron chi connectivity index (χ3n) is 6.16. The van der Waals surface area contributed by atoms with Crippen LogP contribution in [0.3, 0.4) is 0 Å². The Morgan fingerprint density at radius 2 is 1.71 bits per heavy atom. The van der Waals surface area contributed by atoms with Crippen LogP contribution >= 0.6 is 0 Å². The van der Waals surface area contributed by atoms with E-state index < -0.39 is 0 Å². The van der Waals surface area contributed by atoms with Crippen LogP contribution in [0.5, 0.6) is 0 Å². The Labute approximate surface area is 127 Å². The second-order valence-corrected chi connectivity index (χ2v) is 8.13. The van der Waals surface area contributed by atoms with Gasteiger partial charge in [-0.25, -0.2) is 0 Å². The Hall–Kier alpha value is -0.940. The molecule has 2 heterocycles. The van der Waals surface area contributed by atoms with Crippen molar-refractivity contribution in [2.24, 2.45) is 10.8 Å². The lowest BCUT2D eigenvalue weighted by atomic mass is 10.0. The summed E-state index contributed by atoms with van der Waals surface area (Å²) in [5.41, 5.74) is 0.291. The summed E-state index contributed by atoms with van der Waals surface area (Å²) >= 11 is 0. The van der Waals surface area contributed by atoms with Gasteiger partial charge in [0.1, 0.15) is 0 Å². The van der Waals surface area contributed by atoms with Gasteiger partial charge < -0.3 is 9.84 Å². The van der Waals surface area contributed by atoms with E-state index in [-0.39, 0.29) is 16.4 Å². The van der Waals surface area contributed by atoms with Crippen LogP contribution in [-0.2, 0) is 5.54 Å². The monoisotopic (exact) mass is 292 g/mol. The van der Waals surface area contributed by atoms with Gasteiger partial charge in [-0.15, -0.1) is 0 Å². The smallest absolute Gasteiger partial charge is 0.230 e. The first-order valence-electron chi connectivity index (χ1n) is 7.99. The van der Waals surface area contributed by atoms with Gasteiger partial charge in [-0.1, -0.05) is 32.9 Å². The maximum Gasteiger partial charge on any atom is 0.230 e. The van der Waals surface area contributed by atoms with E-state index in [0.717, 1.165) is 37.9 Å². The molecule has 1 saturated heterocycles. The number of rotatable bonds is 3. The van der Waals surface area contributed by atoms with E-state index in [1.807, 2.05) is 0 Å². The van der Waals surface area contributed by atoms with E-state index in [1.165, 1.54) is 0 Å². The fourth-order valence-corrected chi connectivity index (χ4v) is 3.78. The molecule has 0 radical (unpaired) electrons. The summed E-state index contributed by atoms with van der Waals surface area (Å²) in [6.45, 7) is 17.6. The van der Waals surface area contributed by atoms with Crippen LogP contribution < -0.4 is 5.32 Å². The highest BCUT2D eigenvalue weighted by molar-refractivity contribution is 5.25. The maximum atomic E-state index is 5.63. The molecule has 0 amide bonds. The first-order valence-corrected chi connectivity index (χ1v) is 7.99. The third kappa shape index (κ3) is 2.13. The lowest BCUT2D eigenvalue weighted by molar-refractivity contribution is 0.0924. The van der Waals surface area contributed by atoms with Crippen molar-refractivity contribution in [2.45, 2.75) is 53.0 Å². The molecule has 0 unspecified atom stereocenters. The zero-order valence-electron chi connectivity index (χ0n) is 14.2. The summed E-state index contributed by atoms with van der Waals surface area (Å²) in [6, 6.07) is 0. The van der Waals surface area contributed by atoms with Crippen LogP contribution in [0, 0.1) is 10.8 Å². The summed E-state index contributed by atoms with van der Waals surface area (Å²) in [6.07, 6.45) is 0. The summed E-state index contributed by atoms with van der Waals surface area (Å²) in [5.74, 6) is 1.99. The Morgan fingerprint density at radius 1 is 1.14 bits per heavy atom. The van der Waals surface area contributed by atoms with Crippen molar-refractivity contribution in [1.82, 2.24) is 20.4 Å². The minimum absolute atomic E-state index is 0.174. The standard InChI is InChI=1S/C16H28N4O/c1-14(2)11(15(14,3)4)12-18-13(19-21-12)16(5,6)20-9-7-17-8-10-20/h11,17H,7-10H2,1-6H3. The van der Waals surface area contributed by atoms with Gasteiger partial charge in [0.2, 0.25) is 5.89 Å². The topological polar surface area (TPSA) is 54.2 Å². The van der Waals surface area contributed by atoms with Crippen molar-refractivity contribution >= 4 is 0 Å². The van der Waals surface area contributed by atoms with Crippen LogP contribution in [0.2, 0.25) is 0 Å². The average Bonchev–Trinajstić information content (AvgIpc) is 2.78. The highest BCUT2D eigenvalue weighted by Crippen LogP contribution is 2.73. The molecule has 1 aromatic rings. The molecule has 0 bridgehead atoms. The minimum Gasteiger partial charge on any atom is -0.339 e. The van der Waals surface area contributed by atoms with E-state index in [0.29, 0.717) is 5.92 Å². The van der Waals surface area contributed by atoms with Gasteiger partial charge in [0, 0.05) is 32.1 Å². The molecule has 5 nitrogen and oxygen atoms in total. The molecule has 1 aromatic heterocycles. The lowest BCUT2D eigenvalue weighted by Crippen LogP contribution is -2.52. The van der Waals surface area contributed by atoms with Gasteiger partial charge in [-0.05, 0) is 24.7 Å². The Bertz CT molecular complexity index is 512. The van der Waals surface area contributed by atoms with E-state index >= 15 is 0 Å². The van der Waals surface area contributed by atoms with Crippen LogP contribution in [0.25, 0.3) is 0 Å². The molecular formula is C16H28N4O. The predicted molar refractivity (Wildman–Crippen MR) is 82.1 cm³/mol. The van der Waals surface area contributed by atoms with Crippen molar-refractivity contribution in [3.05, 3.63) is 11.7 Å². The minimum atomic E-state index is -0.174. The molecule has 1 saturated carbocycles. The van der Waals surface area contributed by atoms with Gasteiger partial charge >= 0.3 is 0 Å². The highest BCUT2D eigenvalue weighted by Gasteiger charge is 2.68. The molecule has 0 aromatic carbocycles. The fraction of sp³-hybridized carbons (Fsp3) is 0.875. The number of piperazine rings is 1. The second-order valence-electron chi connectivity index (χ2n) is 8.13. The van der Waals surface area contributed by atoms with Crippen LogP contribution in [0.15, 0.2) is 4.52 Å². The molecule has 2 fully saturated rings. The zero-order valence-corrected chi connectivity index (χ0v) is 14.2. The maximum absolute atomic E-state index is 5.63. The zero-order chi connectivity index (χ0) is 15.5. The molecule has 3 rings (SSSR count). The number of hydrogen-bond donors (Lipinski definition) is 1. The lowest BCUT2D eigenvalue weighted by Gasteiger charge is -2.38. The van der Waals surface area contributed by atoms with Gasteiger partial charge in [0.25, 0.3) is 0 Å². The molecule has 0 atom stereocenters. The Morgan fingerprint density at radius 3 is 2.24 bits per heavy atom. The molecule has 5 heteroatoms. The van der Waals surface area contributed by atoms with Crippen molar-refractivity contribution < 1.29 is 4.52 Å². The van der Waals surface area contributed by atoms with Gasteiger partial charge in [-0.2, -0.15) is 4.98 Å². The Balaban J connectivity index is 1.82. The van der Waals surface area contributed by atoms with Crippen LogP contribution in [-0.4, -0.2) is 41.2 Å². The summed E-state index contributed by atoms with van der Waals surface area (Å²) in [7, 11) is 0. The second kappa shape index (κ2) is 4.53. The molecule has 118 valence electrons. The Kier molecular flexibility index (Phi) is 3.23. The quantitative estimate of drug-likeness (QED) is 0.927. The third-order valence-corrected chi connectivity index (χ3v) is 6.16. The molecule has 1 aliphatic heterocycles. The SMILES string of the molecule is CC(C)(c1noc(C2C(C)(C)C2(C)C)n1)N1CCNCC1. The molecule has 1 aliphatic carbocycles. The number of aromatic nitrogens is 2. The molecular weight excluding hydrogens is 264 g/mol. The fourth-order valence-electron chi connectivity index (χ4n) is 3.78. The normalized spacial score (nSPS) is 26.0. The largest absolute Gasteiger partial charge is 0.339 e. The van der Waals surface area contributed by atoms with E-state index in [2.05, 4.69) is 56.9 Å². The van der Waals surface area contributed by atoms with Crippen molar-refractivity contribution in [3.8, 4) is 0 Å². The van der Waals surface area contributed by atoms with E-state index in [1.54, 1.807) is 0 Å². The molecule has 1 N–H and O–H groups in total. The predicted octanol–water partition coefficient (Wildman–Crippen LogP) is 2.36. The van der Waals surface area contributed by atoms with Crippen LogP contribution in [0.4, 0.5) is 0 Å². The summed E-state index contributed by atoms with van der Waals surface area (Å²) < 4.78 is 5.63. The summed E-state index contributed by atoms with van der Waals surface area (Å²) in [4.78, 5) is 7.20. The first-order chi connectivity index (χ1) is 9.69. The van der Waals surface area contributed by atoms with Crippen molar-refractivity contribution in [2.75, 3.05) is 26.2 Å². The van der Waals surface area contributed by atoms with Crippen molar-refractivity contribution in [1.29, 1.82) is 0 Å². The molecule has 21 heavy (non-hydrogen) atoms. The van der Waals surface area contributed by atoms with E-state index in [4.69, 9.17) is 9.51 Å². The number of hydrogen-bond acceptors (Lipinski definition) is 5. The van der Waals surface area contributed by atoms with Crippen LogP contribution in [0.1, 0.15) is 59.2 Å². The van der Waals surface area contributed by atoms with Gasteiger partial charge in [0.15, 0.2) is 5.82 Å².